The number of nitrogens with one attached hydrogen (secondary N) is 2. The number of aryl methyl sites for hydroxylation is 1. The van der Waals surface area contributed by atoms with Gasteiger partial charge in [-0.2, -0.15) is 9.40 Å². The second-order valence-corrected chi connectivity index (χ2v) is 6.65. The highest BCUT2D eigenvalue weighted by molar-refractivity contribution is 7.89. The Kier molecular flexibility index (Phi) is 5.14. The normalized spacial score (nSPS) is 18.1. The first-order valence-electron chi connectivity index (χ1n) is 6.89. The zero-order chi connectivity index (χ0) is 14.6. The maximum atomic E-state index is 12.8. The highest BCUT2D eigenvalue weighted by atomic mass is 32.2. The van der Waals surface area contributed by atoms with Gasteiger partial charge in [0.1, 0.15) is 4.90 Å². The molecule has 0 radical (unpaired) electrons. The lowest BCUT2D eigenvalue weighted by molar-refractivity contribution is 0.148. The molecule has 8 heteroatoms. The van der Waals surface area contributed by atoms with Crippen LogP contribution in [0.15, 0.2) is 4.90 Å². The van der Waals surface area contributed by atoms with Crippen LogP contribution in [0.1, 0.15) is 24.7 Å². The van der Waals surface area contributed by atoms with E-state index in [1.165, 1.54) is 4.31 Å². The molecule has 1 fully saturated rings. The molecule has 20 heavy (non-hydrogen) atoms. The summed E-state index contributed by atoms with van der Waals surface area (Å²) in [7, 11) is -3.51. The van der Waals surface area contributed by atoms with Gasteiger partial charge in [0.25, 0.3) is 0 Å². The van der Waals surface area contributed by atoms with Crippen LogP contribution in [0.2, 0.25) is 0 Å². The van der Waals surface area contributed by atoms with Gasteiger partial charge in [-0.05, 0) is 19.9 Å². The molecule has 1 saturated heterocycles. The van der Waals surface area contributed by atoms with Gasteiger partial charge in [-0.1, -0.05) is 6.92 Å². The fourth-order valence-electron chi connectivity index (χ4n) is 2.27. The van der Waals surface area contributed by atoms with Crippen LogP contribution in [-0.4, -0.2) is 55.8 Å². The summed E-state index contributed by atoms with van der Waals surface area (Å²) >= 11 is 0. The van der Waals surface area contributed by atoms with Gasteiger partial charge in [0.2, 0.25) is 10.0 Å². The topological polar surface area (TPSA) is 87.3 Å². The van der Waals surface area contributed by atoms with E-state index in [1.54, 1.807) is 6.92 Å². The molecule has 0 spiro atoms. The average molecular weight is 302 g/mol. The predicted octanol–water partition coefficient (Wildman–Crippen LogP) is 0.239. The Labute approximate surface area is 119 Å². The van der Waals surface area contributed by atoms with Crippen LogP contribution in [0, 0.1) is 6.92 Å². The zero-order valence-electron chi connectivity index (χ0n) is 12.0. The third-order valence-electron chi connectivity index (χ3n) is 3.28. The first-order valence-corrected chi connectivity index (χ1v) is 8.33. The molecule has 2 rings (SSSR count). The predicted molar refractivity (Wildman–Crippen MR) is 74.9 cm³/mol. The van der Waals surface area contributed by atoms with Gasteiger partial charge < -0.3 is 10.1 Å². The molecular weight excluding hydrogens is 280 g/mol. The van der Waals surface area contributed by atoms with Crippen LogP contribution in [0.4, 0.5) is 0 Å². The van der Waals surface area contributed by atoms with Crippen molar-refractivity contribution in [1.82, 2.24) is 19.8 Å². The Morgan fingerprint density at radius 2 is 2.20 bits per heavy atom. The number of rotatable bonds is 5. The third kappa shape index (κ3) is 3.20. The summed E-state index contributed by atoms with van der Waals surface area (Å²) in [6.07, 6.45) is 0.721. The third-order valence-corrected chi connectivity index (χ3v) is 5.39. The molecule has 0 bridgehead atoms. The second kappa shape index (κ2) is 6.66. The number of aromatic amines is 1. The Bertz CT molecular complexity index is 533. The first-order chi connectivity index (χ1) is 9.57. The van der Waals surface area contributed by atoms with Gasteiger partial charge in [-0.3, -0.25) is 5.10 Å². The van der Waals surface area contributed by atoms with Crippen molar-refractivity contribution in [3.63, 3.8) is 0 Å². The molecule has 0 aliphatic carbocycles. The summed E-state index contributed by atoms with van der Waals surface area (Å²) in [6, 6.07) is 0. The summed E-state index contributed by atoms with van der Waals surface area (Å²) in [6.45, 7) is 6.87. The summed E-state index contributed by atoms with van der Waals surface area (Å²) in [4.78, 5) is 0.306. The summed E-state index contributed by atoms with van der Waals surface area (Å²) in [5.41, 5.74) is 1.14. The van der Waals surface area contributed by atoms with Gasteiger partial charge >= 0.3 is 0 Å². The standard InChI is InChI=1S/C12H22N4O3S/c1-3-13-9-11-12(10(2)14-15-11)20(17,18)16-5-4-7-19-8-6-16/h13H,3-9H2,1-2H3,(H,14,15). The van der Waals surface area contributed by atoms with E-state index in [-0.39, 0.29) is 0 Å². The molecule has 1 aliphatic heterocycles. The fourth-order valence-corrected chi connectivity index (χ4v) is 4.06. The van der Waals surface area contributed by atoms with Crippen molar-refractivity contribution in [3.05, 3.63) is 11.4 Å². The monoisotopic (exact) mass is 302 g/mol. The number of H-pyrrole nitrogens is 1. The van der Waals surface area contributed by atoms with E-state index in [0.29, 0.717) is 49.1 Å². The molecule has 0 atom stereocenters. The van der Waals surface area contributed by atoms with Crippen molar-refractivity contribution < 1.29 is 13.2 Å². The molecular formula is C12H22N4O3S. The van der Waals surface area contributed by atoms with Crippen molar-refractivity contribution in [3.8, 4) is 0 Å². The van der Waals surface area contributed by atoms with Gasteiger partial charge in [0.15, 0.2) is 0 Å². The van der Waals surface area contributed by atoms with Crippen LogP contribution in [0.5, 0.6) is 0 Å². The molecule has 2 N–H and O–H groups in total. The van der Waals surface area contributed by atoms with E-state index in [1.807, 2.05) is 6.92 Å². The van der Waals surface area contributed by atoms with Crippen LogP contribution in [0.3, 0.4) is 0 Å². The van der Waals surface area contributed by atoms with Gasteiger partial charge in [0, 0.05) is 26.2 Å². The van der Waals surface area contributed by atoms with Crippen LogP contribution >= 0.6 is 0 Å². The quantitative estimate of drug-likeness (QED) is 0.813. The van der Waals surface area contributed by atoms with Crippen molar-refractivity contribution in [2.24, 2.45) is 0 Å². The maximum absolute atomic E-state index is 12.8. The van der Waals surface area contributed by atoms with Crippen molar-refractivity contribution in [1.29, 1.82) is 0 Å². The average Bonchev–Trinajstić information content (AvgIpc) is 2.65. The minimum absolute atomic E-state index is 0.306. The summed E-state index contributed by atoms with van der Waals surface area (Å²) in [5.74, 6) is 0. The molecule has 2 heterocycles. The SMILES string of the molecule is CCNCc1n[nH]c(C)c1S(=O)(=O)N1CCCOCC1. The number of hydrogen-bond donors (Lipinski definition) is 2. The molecule has 0 saturated carbocycles. The van der Waals surface area contributed by atoms with Gasteiger partial charge in [0.05, 0.1) is 18.0 Å². The van der Waals surface area contributed by atoms with Gasteiger partial charge in [-0.15, -0.1) is 0 Å². The number of ether oxygens (including phenoxy) is 1. The van der Waals surface area contributed by atoms with E-state index < -0.39 is 10.0 Å². The van der Waals surface area contributed by atoms with E-state index >= 15 is 0 Å². The number of hydrogen-bond acceptors (Lipinski definition) is 5. The smallest absolute Gasteiger partial charge is 0.246 e. The van der Waals surface area contributed by atoms with Crippen molar-refractivity contribution in [2.75, 3.05) is 32.8 Å². The fraction of sp³-hybridized carbons (Fsp3) is 0.750. The Hall–Kier alpha value is -0.960. The minimum Gasteiger partial charge on any atom is -0.380 e. The zero-order valence-corrected chi connectivity index (χ0v) is 12.8. The Morgan fingerprint density at radius 3 is 2.95 bits per heavy atom. The molecule has 1 aliphatic rings. The number of nitrogens with zero attached hydrogens (tertiary/aromatic N) is 2. The second-order valence-electron chi connectivity index (χ2n) is 4.77. The lowest BCUT2D eigenvalue weighted by Crippen LogP contribution is -2.34. The Balaban J connectivity index is 2.30. The number of aromatic nitrogens is 2. The highest BCUT2D eigenvalue weighted by Gasteiger charge is 2.31. The maximum Gasteiger partial charge on any atom is 0.246 e. The van der Waals surface area contributed by atoms with Crippen LogP contribution in [0.25, 0.3) is 0 Å². The highest BCUT2D eigenvalue weighted by Crippen LogP contribution is 2.23. The molecule has 1 aromatic rings. The van der Waals surface area contributed by atoms with E-state index in [0.717, 1.165) is 13.0 Å². The number of sulfonamides is 1. The molecule has 0 amide bonds. The largest absolute Gasteiger partial charge is 0.380 e. The Morgan fingerprint density at radius 1 is 1.40 bits per heavy atom. The summed E-state index contributed by atoms with van der Waals surface area (Å²) < 4.78 is 32.4. The van der Waals surface area contributed by atoms with E-state index in [4.69, 9.17) is 4.74 Å². The lowest BCUT2D eigenvalue weighted by Gasteiger charge is -2.19. The van der Waals surface area contributed by atoms with Crippen molar-refractivity contribution >= 4 is 10.0 Å². The van der Waals surface area contributed by atoms with Gasteiger partial charge in [-0.25, -0.2) is 8.42 Å². The van der Waals surface area contributed by atoms with Crippen molar-refractivity contribution in [2.45, 2.75) is 31.7 Å². The van der Waals surface area contributed by atoms with Crippen LogP contribution < -0.4 is 5.32 Å². The lowest BCUT2D eigenvalue weighted by atomic mass is 10.3. The molecule has 0 unspecified atom stereocenters. The molecule has 0 aromatic carbocycles. The molecule has 1 aromatic heterocycles. The van der Waals surface area contributed by atoms with E-state index in [2.05, 4.69) is 15.5 Å². The molecule has 114 valence electrons. The van der Waals surface area contributed by atoms with E-state index in [9.17, 15) is 8.42 Å². The first kappa shape index (κ1) is 15.4. The summed E-state index contributed by atoms with van der Waals surface area (Å²) in [5, 5.41) is 10.0. The minimum atomic E-state index is -3.51. The van der Waals surface area contributed by atoms with Crippen LogP contribution in [-0.2, 0) is 21.3 Å². The molecule has 7 nitrogen and oxygen atoms in total.